The molecule has 5 N–H and O–H groups in total. The van der Waals surface area contributed by atoms with E-state index in [0.717, 1.165) is 16.2 Å². The first kappa shape index (κ1) is 25.1. The van der Waals surface area contributed by atoms with Crippen LogP contribution in [0.1, 0.15) is 34.1 Å². The molecule has 4 amide bonds. The van der Waals surface area contributed by atoms with E-state index in [1.165, 1.54) is 29.5 Å². The molecular weight excluding hydrogens is 493 g/mol. The van der Waals surface area contributed by atoms with Crippen LogP contribution < -0.4 is 15.7 Å². The molecule has 13 nitrogen and oxygen atoms in total. The first-order chi connectivity index (χ1) is 17.1. The first-order valence-electron chi connectivity index (χ1n) is 10.9. The number of Topliss-reactive ketones (excluding diaryl/α,β-unsaturated/α-hetero) is 1. The van der Waals surface area contributed by atoms with Crippen molar-refractivity contribution in [3.05, 3.63) is 40.4 Å². The van der Waals surface area contributed by atoms with Gasteiger partial charge >= 0.3 is 30.9 Å². The van der Waals surface area contributed by atoms with Crippen molar-refractivity contribution in [3.8, 4) is 5.75 Å². The van der Waals surface area contributed by atoms with Gasteiger partial charge in [-0.1, -0.05) is 12.1 Å². The van der Waals surface area contributed by atoms with Gasteiger partial charge in [0, 0.05) is 37.8 Å². The zero-order chi connectivity index (χ0) is 26.1. The molecular formula is C21H22BN5O8S. The molecule has 3 heterocycles. The number of imide groups is 1. The zero-order valence-electron chi connectivity index (χ0n) is 19.0. The number of carboxylic acid groups (broad SMARTS) is 1. The number of aromatic nitrogens is 1. The van der Waals surface area contributed by atoms with Gasteiger partial charge in [0.15, 0.2) is 10.9 Å². The molecule has 4 rings (SSSR count). The lowest BCUT2D eigenvalue weighted by Gasteiger charge is -2.31. The molecule has 15 heteroatoms. The summed E-state index contributed by atoms with van der Waals surface area (Å²) in [6, 6.07) is 2.28. The number of carboxylic acids is 1. The van der Waals surface area contributed by atoms with Crippen molar-refractivity contribution in [1.29, 1.82) is 0 Å². The molecule has 188 valence electrons. The number of amides is 4. The van der Waals surface area contributed by atoms with Gasteiger partial charge in [-0.25, -0.2) is 14.6 Å². The third-order valence-corrected chi connectivity index (χ3v) is 6.71. The molecule has 0 bridgehead atoms. The van der Waals surface area contributed by atoms with E-state index in [4.69, 9.17) is 10.4 Å². The normalized spacial score (nSPS) is 18.4. The predicted molar refractivity (Wildman–Crippen MR) is 126 cm³/mol. The average molecular weight is 515 g/mol. The number of anilines is 1. The van der Waals surface area contributed by atoms with Crippen LogP contribution in [0, 0.1) is 0 Å². The number of para-hydroxylation sites is 1. The summed E-state index contributed by atoms with van der Waals surface area (Å²) < 4.78 is 5.45. The van der Waals surface area contributed by atoms with Crippen molar-refractivity contribution in [2.45, 2.75) is 24.7 Å². The number of nitrogens with zero attached hydrogens (tertiary/aromatic N) is 3. The standard InChI is InChI=1S/C21H22BN5O8S/c1-26-5-6-27(18(30)17(26)29)21(33)25-15(13-9-36-20(23)24-13)14(28)8-11-7-10-3-2-4-12(19(31)32)16(10)35-22(11)34/h2-4,9,11,15,34H,5-8H2,1H3,(H2,23,24)(H,25,33)(H,31,32)/t11-,15?/m1/s1. The number of carbonyl (C=O) groups is 5. The van der Waals surface area contributed by atoms with Gasteiger partial charge in [0.1, 0.15) is 11.8 Å². The summed E-state index contributed by atoms with van der Waals surface area (Å²) in [5, 5.41) is 24.0. The molecule has 1 saturated heterocycles. The number of hydrogen-bond donors (Lipinski definition) is 4. The number of thiazole rings is 1. The van der Waals surface area contributed by atoms with Gasteiger partial charge < -0.3 is 30.7 Å². The van der Waals surface area contributed by atoms with E-state index in [9.17, 15) is 34.1 Å². The maximum atomic E-state index is 13.3. The Hall–Kier alpha value is -3.98. The molecule has 2 aliphatic heterocycles. The Morgan fingerprint density at radius 2 is 2.06 bits per heavy atom. The molecule has 1 aromatic heterocycles. The summed E-state index contributed by atoms with van der Waals surface area (Å²) in [6.45, 7) is 0.0918. The molecule has 1 fully saturated rings. The summed E-state index contributed by atoms with van der Waals surface area (Å²) in [5.74, 6) is -4.35. The van der Waals surface area contributed by atoms with Gasteiger partial charge in [-0.3, -0.25) is 19.3 Å². The van der Waals surface area contributed by atoms with E-state index in [1.54, 1.807) is 6.07 Å². The fourth-order valence-electron chi connectivity index (χ4n) is 4.08. The van der Waals surface area contributed by atoms with Gasteiger partial charge in [-0.05, 0) is 18.1 Å². The van der Waals surface area contributed by atoms with E-state index < -0.39 is 48.6 Å². The van der Waals surface area contributed by atoms with Crippen LogP contribution in [0.5, 0.6) is 5.75 Å². The largest absolute Gasteiger partial charge is 0.535 e. The number of aromatic carboxylic acids is 1. The van der Waals surface area contributed by atoms with E-state index in [1.807, 2.05) is 0 Å². The SMILES string of the molecule is CN1CCN(C(=O)NC(C(=O)C[C@H]2Cc3cccc(C(=O)O)c3OB2O)c2csc(N)n2)C(=O)C1=O. The fraction of sp³-hybridized carbons (Fsp3) is 0.333. The number of nitrogen functional groups attached to an aromatic ring is 1. The Morgan fingerprint density at radius 3 is 2.72 bits per heavy atom. The molecule has 1 unspecified atom stereocenters. The number of fused-ring (bicyclic) bond motifs is 1. The zero-order valence-corrected chi connectivity index (χ0v) is 19.9. The third kappa shape index (κ3) is 4.88. The Balaban J connectivity index is 1.53. The van der Waals surface area contributed by atoms with Crippen LogP contribution in [0.15, 0.2) is 23.6 Å². The van der Waals surface area contributed by atoms with Crippen molar-refractivity contribution in [2.75, 3.05) is 25.9 Å². The highest BCUT2D eigenvalue weighted by Crippen LogP contribution is 2.37. The van der Waals surface area contributed by atoms with Gasteiger partial charge in [-0.15, -0.1) is 11.3 Å². The fourth-order valence-corrected chi connectivity index (χ4v) is 4.67. The van der Waals surface area contributed by atoms with Crippen molar-refractivity contribution >= 4 is 53.2 Å². The number of nitrogens with one attached hydrogen (secondary N) is 1. The van der Waals surface area contributed by atoms with Gasteiger partial charge in [0.25, 0.3) is 0 Å². The van der Waals surface area contributed by atoms with Crippen molar-refractivity contribution < 1.29 is 38.8 Å². The second-order valence-electron chi connectivity index (χ2n) is 8.42. The Labute approximate surface area is 209 Å². The van der Waals surface area contributed by atoms with Crippen LogP contribution in [0.2, 0.25) is 5.82 Å². The summed E-state index contributed by atoms with van der Waals surface area (Å²) in [7, 11) is -0.0368. The Kier molecular flexibility index (Phi) is 6.94. The summed E-state index contributed by atoms with van der Waals surface area (Å²) in [6.07, 6.45) is -0.120. The number of likely N-dealkylation sites (N-methyl/N-ethyl adjacent to an activating group) is 1. The smallest absolute Gasteiger partial charge is 0.526 e. The summed E-state index contributed by atoms with van der Waals surface area (Å²) in [5.41, 5.74) is 6.25. The molecule has 0 spiro atoms. The molecule has 2 aromatic rings. The Morgan fingerprint density at radius 1 is 1.31 bits per heavy atom. The third-order valence-electron chi connectivity index (χ3n) is 6.02. The van der Waals surface area contributed by atoms with Gasteiger partial charge in [0.2, 0.25) is 0 Å². The minimum absolute atomic E-state index is 0.0385. The molecule has 36 heavy (non-hydrogen) atoms. The van der Waals surface area contributed by atoms with Gasteiger partial charge in [0.05, 0.1) is 11.3 Å². The van der Waals surface area contributed by atoms with E-state index >= 15 is 0 Å². The van der Waals surface area contributed by atoms with Crippen LogP contribution in [0.4, 0.5) is 9.93 Å². The van der Waals surface area contributed by atoms with Crippen molar-refractivity contribution in [1.82, 2.24) is 20.1 Å². The minimum Gasteiger partial charge on any atom is -0.535 e. The highest BCUT2D eigenvalue weighted by molar-refractivity contribution is 7.13. The lowest BCUT2D eigenvalue weighted by Crippen LogP contribution is -2.57. The van der Waals surface area contributed by atoms with Crippen molar-refractivity contribution in [3.63, 3.8) is 0 Å². The topological polar surface area (TPSA) is 192 Å². The van der Waals surface area contributed by atoms with Crippen molar-refractivity contribution in [2.24, 2.45) is 0 Å². The van der Waals surface area contributed by atoms with E-state index in [-0.39, 0.29) is 48.1 Å². The second-order valence-corrected chi connectivity index (χ2v) is 9.31. The average Bonchev–Trinajstić information content (AvgIpc) is 3.26. The maximum absolute atomic E-state index is 13.3. The number of nitrogens with two attached hydrogens (primary N) is 1. The molecule has 1 aromatic carbocycles. The van der Waals surface area contributed by atoms with E-state index in [2.05, 4.69) is 10.3 Å². The lowest BCUT2D eigenvalue weighted by molar-refractivity contribution is -0.152. The second kappa shape index (κ2) is 9.95. The highest BCUT2D eigenvalue weighted by Gasteiger charge is 2.41. The van der Waals surface area contributed by atoms with Crippen LogP contribution >= 0.6 is 11.3 Å². The van der Waals surface area contributed by atoms with Crippen LogP contribution in [0.3, 0.4) is 0 Å². The molecule has 0 saturated carbocycles. The molecule has 0 radical (unpaired) electrons. The van der Waals surface area contributed by atoms with E-state index in [0.29, 0.717) is 5.56 Å². The number of piperazine rings is 1. The number of benzene rings is 1. The van der Waals surface area contributed by atoms with Crippen LogP contribution in [-0.4, -0.2) is 81.8 Å². The molecule has 2 aliphatic rings. The summed E-state index contributed by atoms with van der Waals surface area (Å²) in [4.78, 5) is 67.9. The minimum atomic E-state index is -1.48. The molecule has 0 aliphatic carbocycles. The monoisotopic (exact) mass is 515 g/mol. The van der Waals surface area contributed by atoms with Crippen LogP contribution in [-0.2, 0) is 20.8 Å². The number of rotatable bonds is 6. The summed E-state index contributed by atoms with van der Waals surface area (Å²) >= 11 is 1.05. The number of carbonyl (C=O) groups excluding carboxylic acids is 4. The predicted octanol–water partition coefficient (Wildman–Crippen LogP) is -0.0802. The number of urea groups is 1. The number of ketones is 1. The molecule has 2 atom stereocenters. The van der Waals surface area contributed by atoms with Crippen LogP contribution in [0.25, 0.3) is 0 Å². The highest BCUT2D eigenvalue weighted by atomic mass is 32.1. The Bertz CT molecular complexity index is 1250. The maximum Gasteiger partial charge on any atom is 0.526 e. The lowest BCUT2D eigenvalue weighted by atomic mass is 9.64. The van der Waals surface area contributed by atoms with Gasteiger partial charge in [-0.2, -0.15) is 0 Å². The first-order valence-corrected chi connectivity index (χ1v) is 11.8. The quantitative estimate of drug-likeness (QED) is 0.299. The number of hydrogen-bond acceptors (Lipinski definition) is 10.